The number of nitrogen functional groups attached to an aromatic ring is 1. The molecule has 0 spiro atoms. The van der Waals surface area contributed by atoms with E-state index in [2.05, 4.69) is 9.97 Å². The Kier molecular flexibility index (Phi) is 3.23. The standard InChI is InChI=1S/C11H16N4O2/c1-15(6-7-2-8(16)3-7)11(17)9-4-13-5-10(12)14-9/h4-5,7-8,16H,2-3,6H2,1H3,(H2,12,14). The number of nitrogens with two attached hydrogens (primary N) is 1. The second kappa shape index (κ2) is 4.67. The number of hydrogen-bond acceptors (Lipinski definition) is 5. The fraction of sp³-hybridized carbons (Fsp3) is 0.545. The lowest BCUT2D eigenvalue weighted by atomic mass is 9.82. The topological polar surface area (TPSA) is 92.3 Å². The predicted octanol–water partition coefficient (Wildman–Crippen LogP) is -0.0983. The van der Waals surface area contributed by atoms with Crippen LogP contribution in [0.4, 0.5) is 5.82 Å². The van der Waals surface area contributed by atoms with Crippen LogP contribution in [-0.4, -0.2) is 45.6 Å². The van der Waals surface area contributed by atoms with Gasteiger partial charge in [-0.2, -0.15) is 0 Å². The highest BCUT2D eigenvalue weighted by Crippen LogP contribution is 2.27. The first-order valence-corrected chi connectivity index (χ1v) is 5.57. The smallest absolute Gasteiger partial charge is 0.273 e. The lowest BCUT2D eigenvalue weighted by Crippen LogP contribution is -2.39. The molecule has 0 unspecified atom stereocenters. The summed E-state index contributed by atoms with van der Waals surface area (Å²) in [5.41, 5.74) is 5.73. The molecule has 3 N–H and O–H groups in total. The van der Waals surface area contributed by atoms with Crippen LogP contribution in [0.3, 0.4) is 0 Å². The maximum atomic E-state index is 12.0. The summed E-state index contributed by atoms with van der Waals surface area (Å²) < 4.78 is 0. The van der Waals surface area contributed by atoms with Crippen molar-refractivity contribution in [3.63, 3.8) is 0 Å². The first-order valence-electron chi connectivity index (χ1n) is 5.57. The predicted molar refractivity (Wildman–Crippen MR) is 62.1 cm³/mol. The van der Waals surface area contributed by atoms with Crippen LogP contribution in [0.25, 0.3) is 0 Å². The number of nitrogens with zero attached hydrogens (tertiary/aromatic N) is 3. The van der Waals surface area contributed by atoms with Gasteiger partial charge in [-0.3, -0.25) is 9.78 Å². The van der Waals surface area contributed by atoms with E-state index in [9.17, 15) is 9.90 Å². The summed E-state index contributed by atoms with van der Waals surface area (Å²) in [5.74, 6) is 0.433. The number of carbonyl (C=O) groups excluding carboxylic acids is 1. The van der Waals surface area contributed by atoms with Gasteiger partial charge in [0.05, 0.1) is 18.5 Å². The number of anilines is 1. The molecular formula is C11H16N4O2. The van der Waals surface area contributed by atoms with Crippen molar-refractivity contribution in [2.24, 2.45) is 5.92 Å². The third-order valence-electron chi connectivity index (χ3n) is 2.96. The minimum absolute atomic E-state index is 0.189. The van der Waals surface area contributed by atoms with E-state index in [4.69, 9.17) is 5.73 Å². The molecule has 0 atom stereocenters. The summed E-state index contributed by atoms with van der Waals surface area (Å²) in [6, 6.07) is 0. The van der Waals surface area contributed by atoms with Crippen molar-refractivity contribution in [2.75, 3.05) is 19.3 Å². The van der Waals surface area contributed by atoms with Gasteiger partial charge in [-0.1, -0.05) is 0 Å². The highest BCUT2D eigenvalue weighted by molar-refractivity contribution is 5.92. The van der Waals surface area contributed by atoms with Crippen molar-refractivity contribution in [1.82, 2.24) is 14.9 Å². The van der Waals surface area contributed by atoms with Crippen LogP contribution in [0.5, 0.6) is 0 Å². The zero-order valence-electron chi connectivity index (χ0n) is 9.71. The van der Waals surface area contributed by atoms with Gasteiger partial charge < -0.3 is 15.7 Å². The number of aliphatic hydroxyl groups excluding tert-OH is 1. The Balaban J connectivity index is 1.95. The van der Waals surface area contributed by atoms with Crippen LogP contribution < -0.4 is 5.73 Å². The van der Waals surface area contributed by atoms with Crippen LogP contribution in [0.2, 0.25) is 0 Å². The molecule has 2 rings (SSSR count). The summed E-state index contributed by atoms with van der Waals surface area (Å²) in [6.07, 6.45) is 4.14. The lowest BCUT2D eigenvalue weighted by molar-refractivity contribution is 0.0264. The molecule has 0 radical (unpaired) electrons. The Hall–Kier alpha value is -1.69. The van der Waals surface area contributed by atoms with Gasteiger partial charge in [-0.15, -0.1) is 0 Å². The largest absolute Gasteiger partial charge is 0.393 e. The van der Waals surface area contributed by atoms with E-state index in [-0.39, 0.29) is 23.5 Å². The van der Waals surface area contributed by atoms with E-state index in [1.807, 2.05) is 0 Å². The van der Waals surface area contributed by atoms with Gasteiger partial charge in [-0.05, 0) is 18.8 Å². The SMILES string of the molecule is CN(CC1CC(O)C1)C(=O)c1cncc(N)n1. The normalized spacial score (nSPS) is 22.9. The van der Waals surface area contributed by atoms with E-state index in [1.165, 1.54) is 12.4 Å². The van der Waals surface area contributed by atoms with Gasteiger partial charge >= 0.3 is 0 Å². The molecule has 1 aliphatic carbocycles. The number of aromatic nitrogens is 2. The van der Waals surface area contributed by atoms with E-state index in [1.54, 1.807) is 11.9 Å². The second-order valence-electron chi connectivity index (χ2n) is 4.51. The van der Waals surface area contributed by atoms with Gasteiger partial charge in [-0.25, -0.2) is 4.98 Å². The number of hydrogen-bond donors (Lipinski definition) is 2. The van der Waals surface area contributed by atoms with Crippen LogP contribution in [0.1, 0.15) is 23.3 Å². The molecule has 1 fully saturated rings. The molecule has 1 amide bonds. The minimum atomic E-state index is -0.198. The van der Waals surface area contributed by atoms with E-state index in [0.29, 0.717) is 12.5 Å². The highest BCUT2D eigenvalue weighted by Gasteiger charge is 2.29. The number of amides is 1. The van der Waals surface area contributed by atoms with Crippen LogP contribution in [0.15, 0.2) is 12.4 Å². The molecule has 1 aromatic heterocycles. The third-order valence-corrected chi connectivity index (χ3v) is 2.96. The number of carbonyl (C=O) groups is 1. The molecule has 0 aliphatic heterocycles. The summed E-state index contributed by atoms with van der Waals surface area (Å²) in [7, 11) is 1.72. The Morgan fingerprint density at radius 2 is 2.29 bits per heavy atom. The molecule has 6 heteroatoms. The quantitative estimate of drug-likeness (QED) is 0.764. The Morgan fingerprint density at radius 3 is 2.88 bits per heavy atom. The average molecular weight is 236 g/mol. The fourth-order valence-electron chi connectivity index (χ4n) is 2.00. The molecule has 0 bridgehead atoms. The third kappa shape index (κ3) is 2.71. The van der Waals surface area contributed by atoms with E-state index < -0.39 is 0 Å². The van der Waals surface area contributed by atoms with Crippen molar-refractivity contribution in [2.45, 2.75) is 18.9 Å². The van der Waals surface area contributed by atoms with Gasteiger partial charge in [0.25, 0.3) is 5.91 Å². The van der Waals surface area contributed by atoms with Crippen LogP contribution in [-0.2, 0) is 0 Å². The number of rotatable bonds is 3. The minimum Gasteiger partial charge on any atom is -0.393 e. The Labute approximate surface area is 99.5 Å². The maximum absolute atomic E-state index is 12.0. The van der Waals surface area contributed by atoms with Crippen molar-refractivity contribution in [1.29, 1.82) is 0 Å². The van der Waals surface area contributed by atoms with Crippen molar-refractivity contribution >= 4 is 11.7 Å². The Morgan fingerprint density at radius 1 is 1.59 bits per heavy atom. The number of aliphatic hydroxyl groups is 1. The van der Waals surface area contributed by atoms with E-state index in [0.717, 1.165) is 12.8 Å². The second-order valence-corrected chi connectivity index (χ2v) is 4.51. The lowest BCUT2D eigenvalue weighted by Gasteiger charge is -2.34. The van der Waals surface area contributed by atoms with Crippen LogP contribution >= 0.6 is 0 Å². The molecule has 6 nitrogen and oxygen atoms in total. The monoisotopic (exact) mass is 236 g/mol. The summed E-state index contributed by atoms with van der Waals surface area (Å²) in [5, 5.41) is 9.18. The van der Waals surface area contributed by atoms with E-state index >= 15 is 0 Å². The van der Waals surface area contributed by atoms with Gasteiger partial charge in [0, 0.05) is 13.6 Å². The first kappa shape index (κ1) is 11.8. The average Bonchev–Trinajstić information content (AvgIpc) is 2.26. The molecule has 0 aromatic carbocycles. The summed E-state index contributed by atoms with van der Waals surface area (Å²) in [4.78, 5) is 21.3. The molecular weight excluding hydrogens is 220 g/mol. The fourth-order valence-corrected chi connectivity index (χ4v) is 2.00. The maximum Gasteiger partial charge on any atom is 0.273 e. The summed E-state index contributed by atoms with van der Waals surface area (Å²) >= 11 is 0. The van der Waals surface area contributed by atoms with Crippen molar-refractivity contribution < 1.29 is 9.90 Å². The van der Waals surface area contributed by atoms with Gasteiger partial charge in [0.2, 0.25) is 0 Å². The first-order chi connectivity index (χ1) is 8.06. The molecule has 17 heavy (non-hydrogen) atoms. The van der Waals surface area contributed by atoms with Crippen LogP contribution in [0, 0.1) is 5.92 Å². The zero-order valence-corrected chi connectivity index (χ0v) is 9.71. The molecule has 1 aromatic rings. The van der Waals surface area contributed by atoms with Gasteiger partial charge in [0.1, 0.15) is 11.5 Å². The zero-order chi connectivity index (χ0) is 12.4. The highest BCUT2D eigenvalue weighted by atomic mass is 16.3. The molecule has 1 saturated carbocycles. The molecule has 1 aliphatic rings. The van der Waals surface area contributed by atoms with Crippen molar-refractivity contribution in [3.05, 3.63) is 18.1 Å². The van der Waals surface area contributed by atoms with Gasteiger partial charge in [0.15, 0.2) is 0 Å². The summed E-state index contributed by atoms with van der Waals surface area (Å²) in [6.45, 7) is 0.631. The molecule has 1 heterocycles. The molecule has 0 saturated heterocycles. The molecule has 92 valence electrons. The Bertz CT molecular complexity index is 418. The van der Waals surface area contributed by atoms with Crippen molar-refractivity contribution in [3.8, 4) is 0 Å².